The van der Waals surface area contributed by atoms with Crippen LogP contribution in [0.15, 0.2) is 53.2 Å². The first-order valence-corrected chi connectivity index (χ1v) is 8.97. The molecule has 0 unspecified atom stereocenters. The van der Waals surface area contributed by atoms with Crippen LogP contribution in [0.5, 0.6) is 0 Å². The van der Waals surface area contributed by atoms with Crippen molar-refractivity contribution in [2.75, 3.05) is 0 Å². The number of hydrogen-bond donors (Lipinski definition) is 1. The third kappa shape index (κ3) is 4.37. The van der Waals surface area contributed by atoms with Crippen molar-refractivity contribution in [3.63, 3.8) is 0 Å². The van der Waals surface area contributed by atoms with Crippen molar-refractivity contribution in [3.8, 4) is 10.6 Å². The molecule has 1 amide bonds. The second kappa shape index (κ2) is 7.35. The Kier molecular flexibility index (Phi) is 5.00. The summed E-state index contributed by atoms with van der Waals surface area (Å²) in [4.78, 5) is 17.3. The van der Waals surface area contributed by atoms with Gasteiger partial charge >= 0.3 is 0 Å². The van der Waals surface area contributed by atoms with Gasteiger partial charge in [-0.15, -0.1) is 22.7 Å². The SMILES string of the molecule is Cc1csc(-c2ccc(CNC(=O)/C=C/c3cccs3)cc2)n1. The number of carbonyl (C=O) groups is 1. The van der Waals surface area contributed by atoms with Crippen molar-refractivity contribution in [2.45, 2.75) is 13.5 Å². The van der Waals surface area contributed by atoms with Gasteiger partial charge in [-0.1, -0.05) is 30.3 Å². The molecule has 0 bridgehead atoms. The van der Waals surface area contributed by atoms with Gasteiger partial charge in [-0.25, -0.2) is 4.98 Å². The molecule has 3 rings (SSSR count). The molecular weight excluding hydrogens is 324 g/mol. The summed E-state index contributed by atoms with van der Waals surface area (Å²) in [6.45, 7) is 2.51. The second-order valence-corrected chi connectivity index (χ2v) is 6.89. The number of nitrogens with zero attached hydrogens (tertiary/aromatic N) is 1. The summed E-state index contributed by atoms with van der Waals surface area (Å²) in [6.07, 6.45) is 3.40. The van der Waals surface area contributed by atoms with Crippen LogP contribution in [0.2, 0.25) is 0 Å². The first-order chi connectivity index (χ1) is 11.2. The molecule has 5 heteroatoms. The zero-order valence-electron chi connectivity index (χ0n) is 12.7. The lowest BCUT2D eigenvalue weighted by Crippen LogP contribution is -2.20. The van der Waals surface area contributed by atoms with E-state index >= 15 is 0 Å². The number of aryl methyl sites for hydroxylation is 1. The van der Waals surface area contributed by atoms with E-state index in [1.54, 1.807) is 28.7 Å². The highest BCUT2D eigenvalue weighted by Crippen LogP contribution is 2.23. The molecule has 0 fully saturated rings. The van der Waals surface area contributed by atoms with E-state index in [2.05, 4.69) is 10.3 Å². The molecule has 0 radical (unpaired) electrons. The fourth-order valence-corrected chi connectivity index (χ4v) is 3.47. The lowest BCUT2D eigenvalue weighted by molar-refractivity contribution is -0.116. The van der Waals surface area contributed by atoms with Crippen LogP contribution in [0.4, 0.5) is 0 Å². The normalized spacial score (nSPS) is 11.0. The van der Waals surface area contributed by atoms with Crippen molar-refractivity contribution < 1.29 is 4.79 Å². The van der Waals surface area contributed by atoms with Gasteiger partial charge in [0.25, 0.3) is 0 Å². The molecule has 2 aromatic heterocycles. The smallest absolute Gasteiger partial charge is 0.244 e. The number of carbonyl (C=O) groups excluding carboxylic acids is 1. The summed E-state index contributed by atoms with van der Waals surface area (Å²) >= 11 is 3.25. The highest BCUT2D eigenvalue weighted by atomic mass is 32.1. The minimum Gasteiger partial charge on any atom is -0.348 e. The first-order valence-electron chi connectivity index (χ1n) is 7.21. The number of aromatic nitrogens is 1. The molecule has 3 aromatic rings. The number of hydrogen-bond acceptors (Lipinski definition) is 4. The van der Waals surface area contributed by atoms with Crippen molar-refractivity contribution in [1.82, 2.24) is 10.3 Å². The Hall–Kier alpha value is -2.24. The summed E-state index contributed by atoms with van der Waals surface area (Å²) < 4.78 is 0. The number of amides is 1. The molecule has 0 aliphatic heterocycles. The van der Waals surface area contributed by atoms with Crippen LogP contribution >= 0.6 is 22.7 Å². The Bertz CT molecular complexity index is 802. The van der Waals surface area contributed by atoms with E-state index in [9.17, 15) is 4.79 Å². The number of nitrogens with one attached hydrogen (secondary N) is 1. The molecule has 23 heavy (non-hydrogen) atoms. The monoisotopic (exact) mass is 340 g/mol. The third-order valence-corrected chi connectivity index (χ3v) is 5.08. The molecule has 2 heterocycles. The zero-order valence-corrected chi connectivity index (χ0v) is 14.3. The van der Waals surface area contributed by atoms with Crippen LogP contribution in [0.1, 0.15) is 16.1 Å². The number of benzene rings is 1. The van der Waals surface area contributed by atoms with E-state index in [1.165, 1.54) is 0 Å². The Labute approximate surface area is 143 Å². The van der Waals surface area contributed by atoms with Crippen molar-refractivity contribution in [3.05, 3.63) is 69.4 Å². The van der Waals surface area contributed by atoms with E-state index < -0.39 is 0 Å². The molecule has 3 nitrogen and oxygen atoms in total. The highest BCUT2D eigenvalue weighted by molar-refractivity contribution is 7.13. The van der Waals surface area contributed by atoms with Gasteiger partial charge in [0.05, 0.1) is 0 Å². The Morgan fingerprint density at radius 3 is 2.70 bits per heavy atom. The molecule has 1 aromatic carbocycles. The minimum absolute atomic E-state index is 0.0852. The van der Waals surface area contributed by atoms with E-state index in [0.29, 0.717) is 6.54 Å². The van der Waals surface area contributed by atoms with Crippen LogP contribution in [0.25, 0.3) is 16.6 Å². The molecule has 0 saturated heterocycles. The molecule has 0 aliphatic carbocycles. The van der Waals surface area contributed by atoms with Gasteiger partial charge in [-0.3, -0.25) is 4.79 Å². The molecule has 0 atom stereocenters. The predicted octanol–water partition coefficient (Wildman–Crippen LogP) is 4.51. The number of thiazole rings is 1. The Balaban J connectivity index is 1.55. The fourth-order valence-electron chi connectivity index (χ4n) is 2.04. The van der Waals surface area contributed by atoms with Crippen molar-refractivity contribution >= 4 is 34.7 Å². The van der Waals surface area contributed by atoms with Crippen LogP contribution < -0.4 is 5.32 Å². The lowest BCUT2D eigenvalue weighted by atomic mass is 10.1. The number of rotatable bonds is 5. The highest BCUT2D eigenvalue weighted by Gasteiger charge is 2.03. The van der Waals surface area contributed by atoms with Crippen molar-refractivity contribution in [1.29, 1.82) is 0 Å². The van der Waals surface area contributed by atoms with Crippen molar-refractivity contribution in [2.24, 2.45) is 0 Å². The van der Waals surface area contributed by atoms with E-state index in [4.69, 9.17) is 0 Å². The van der Waals surface area contributed by atoms with Gasteiger partial charge in [0.2, 0.25) is 5.91 Å². The van der Waals surface area contributed by atoms with Gasteiger partial charge in [-0.2, -0.15) is 0 Å². The molecule has 0 spiro atoms. The maximum Gasteiger partial charge on any atom is 0.244 e. The average molecular weight is 340 g/mol. The number of thiophene rings is 1. The van der Waals surface area contributed by atoms with Gasteiger partial charge < -0.3 is 5.32 Å². The summed E-state index contributed by atoms with van der Waals surface area (Å²) in [5.41, 5.74) is 3.22. The minimum atomic E-state index is -0.0852. The topological polar surface area (TPSA) is 42.0 Å². The first kappa shape index (κ1) is 15.6. The molecule has 116 valence electrons. The molecule has 1 N–H and O–H groups in total. The predicted molar refractivity (Wildman–Crippen MR) is 97.5 cm³/mol. The Morgan fingerprint density at radius 1 is 1.22 bits per heavy atom. The Morgan fingerprint density at radius 2 is 2.04 bits per heavy atom. The van der Waals surface area contributed by atoms with E-state index in [-0.39, 0.29) is 5.91 Å². The summed E-state index contributed by atoms with van der Waals surface area (Å²) in [7, 11) is 0. The van der Waals surface area contributed by atoms with Gasteiger partial charge in [0.15, 0.2) is 0 Å². The fraction of sp³-hybridized carbons (Fsp3) is 0.111. The van der Waals surface area contributed by atoms with Crippen LogP contribution in [0.3, 0.4) is 0 Å². The van der Waals surface area contributed by atoms with E-state index in [0.717, 1.165) is 26.7 Å². The largest absolute Gasteiger partial charge is 0.348 e. The van der Waals surface area contributed by atoms with Crippen LogP contribution in [0, 0.1) is 6.92 Å². The van der Waals surface area contributed by atoms with Gasteiger partial charge in [0.1, 0.15) is 5.01 Å². The molecular formula is C18H16N2OS2. The summed E-state index contributed by atoms with van der Waals surface area (Å²) in [6, 6.07) is 12.1. The maximum absolute atomic E-state index is 11.8. The third-order valence-electron chi connectivity index (χ3n) is 3.23. The summed E-state index contributed by atoms with van der Waals surface area (Å²) in [5.74, 6) is -0.0852. The van der Waals surface area contributed by atoms with Gasteiger partial charge in [-0.05, 0) is 30.0 Å². The second-order valence-electron chi connectivity index (χ2n) is 5.06. The summed E-state index contributed by atoms with van der Waals surface area (Å²) in [5, 5.41) is 7.95. The maximum atomic E-state index is 11.8. The average Bonchev–Trinajstić information content (AvgIpc) is 3.23. The molecule has 0 saturated carbocycles. The van der Waals surface area contributed by atoms with E-state index in [1.807, 2.05) is 60.2 Å². The van der Waals surface area contributed by atoms with Crippen LogP contribution in [-0.4, -0.2) is 10.9 Å². The zero-order chi connectivity index (χ0) is 16.1. The molecule has 0 aliphatic rings. The standard InChI is InChI=1S/C18H16N2OS2/c1-13-12-23-18(20-13)15-6-4-14(5-7-15)11-19-17(21)9-8-16-3-2-10-22-16/h2-10,12H,11H2,1H3,(H,19,21)/b9-8+. The van der Waals surface area contributed by atoms with Crippen LogP contribution in [-0.2, 0) is 11.3 Å². The van der Waals surface area contributed by atoms with Gasteiger partial charge in [0, 0.05) is 34.1 Å². The quantitative estimate of drug-likeness (QED) is 0.694. The lowest BCUT2D eigenvalue weighted by Gasteiger charge is -2.03.